The molecule has 0 fully saturated rings. The minimum Gasteiger partial charge on any atom is -0.253 e. The average molecular weight is 304 g/mol. The van der Waals surface area contributed by atoms with Gasteiger partial charge in [0.25, 0.3) is 0 Å². The van der Waals surface area contributed by atoms with E-state index in [9.17, 15) is 0 Å². The van der Waals surface area contributed by atoms with Gasteiger partial charge in [-0.05, 0) is 28.1 Å². The summed E-state index contributed by atoms with van der Waals surface area (Å²) >= 11 is 10.7. The predicted octanol–water partition coefficient (Wildman–Crippen LogP) is 3.75. The first kappa shape index (κ1) is 11.0. The van der Waals surface area contributed by atoms with Gasteiger partial charge in [0.15, 0.2) is 0 Å². The van der Waals surface area contributed by atoms with Crippen LogP contribution in [0.2, 0.25) is 0 Å². The van der Waals surface area contributed by atoms with Crippen molar-refractivity contribution < 1.29 is 0 Å². The lowest BCUT2D eigenvalue weighted by Gasteiger charge is -1.97. The van der Waals surface area contributed by atoms with E-state index in [0.29, 0.717) is 5.88 Å². The summed E-state index contributed by atoms with van der Waals surface area (Å²) in [5.74, 6) is 0.604. The van der Waals surface area contributed by atoms with Crippen LogP contribution in [-0.4, -0.2) is 15.8 Å². The smallest absolute Gasteiger partial charge is 0.143 e. The SMILES string of the molecule is ClCCc1csc(-c2ncccc2Br)n1. The van der Waals surface area contributed by atoms with Crippen LogP contribution in [0.25, 0.3) is 10.7 Å². The van der Waals surface area contributed by atoms with Gasteiger partial charge in [-0.15, -0.1) is 22.9 Å². The van der Waals surface area contributed by atoms with Gasteiger partial charge in [0, 0.05) is 28.4 Å². The van der Waals surface area contributed by atoms with E-state index in [1.165, 1.54) is 0 Å². The number of pyridine rings is 1. The fraction of sp³-hybridized carbons (Fsp3) is 0.200. The fourth-order valence-corrected chi connectivity index (χ4v) is 2.80. The van der Waals surface area contributed by atoms with Gasteiger partial charge in [-0.1, -0.05) is 0 Å². The van der Waals surface area contributed by atoms with Crippen molar-refractivity contribution in [3.8, 4) is 10.7 Å². The van der Waals surface area contributed by atoms with E-state index in [2.05, 4.69) is 25.9 Å². The Balaban J connectivity index is 2.33. The summed E-state index contributed by atoms with van der Waals surface area (Å²) in [5.41, 5.74) is 1.92. The molecule has 0 bridgehead atoms. The predicted molar refractivity (Wildman–Crippen MR) is 67.5 cm³/mol. The van der Waals surface area contributed by atoms with Gasteiger partial charge in [0.05, 0.1) is 5.69 Å². The van der Waals surface area contributed by atoms with Gasteiger partial charge in [-0.2, -0.15) is 0 Å². The van der Waals surface area contributed by atoms with E-state index in [-0.39, 0.29) is 0 Å². The van der Waals surface area contributed by atoms with Crippen molar-refractivity contribution in [2.45, 2.75) is 6.42 Å². The van der Waals surface area contributed by atoms with E-state index in [1.807, 2.05) is 17.5 Å². The largest absolute Gasteiger partial charge is 0.253 e. The highest BCUT2D eigenvalue weighted by Gasteiger charge is 2.08. The number of hydrogen-bond acceptors (Lipinski definition) is 3. The lowest BCUT2D eigenvalue weighted by atomic mass is 10.3. The summed E-state index contributed by atoms with van der Waals surface area (Å²) in [6, 6.07) is 3.85. The molecule has 78 valence electrons. The minimum absolute atomic E-state index is 0.604. The summed E-state index contributed by atoms with van der Waals surface area (Å²) in [5, 5.41) is 2.96. The highest BCUT2D eigenvalue weighted by molar-refractivity contribution is 9.10. The third kappa shape index (κ3) is 2.56. The van der Waals surface area contributed by atoms with Crippen LogP contribution in [0.3, 0.4) is 0 Å². The third-order valence-corrected chi connectivity index (χ3v) is 3.59. The van der Waals surface area contributed by atoms with Crippen LogP contribution < -0.4 is 0 Å². The van der Waals surface area contributed by atoms with Gasteiger partial charge in [0.1, 0.15) is 10.7 Å². The van der Waals surface area contributed by atoms with Crippen molar-refractivity contribution in [3.63, 3.8) is 0 Å². The molecule has 2 nitrogen and oxygen atoms in total. The maximum atomic E-state index is 5.66. The Morgan fingerprint density at radius 3 is 3.07 bits per heavy atom. The monoisotopic (exact) mass is 302 g/mol. The molecule has 0 aliphatic carbocycles. The Labute approximate surface area is 105 Å². The number of aryl methyl sites for hydroxylation is 1. The second-order valence-electron chi connectivity index (χ2n) is 2.92. The zero-order valence-electron chi connectivity index (χ0n) is 7.78. The molecule has 2 aromatic rings. The van der Waals surface area contributed by atoms with Gasteiger partial charge < -0.3 is 0 Å². The first-order valence-corrected chi connectivity index (χ1v) is 6.63. The van der Waals surface area contributed by atoms with Crippen LogP contribution in [0.15, 0.2) is 28.2 Å². The molecule has 0 spiro atoms. The number of rotatable bonds is 3. The van der Waals surface area contributed by atoms with E-state index in [4.69, 9.17) is 11.6 Å². The Hall–Kier alpha value is -0.450. The normalized spacial score (nSPS) is 10.5. The molecule has 0 aliphatic rings. The molecule has 0 amide bonds. The minimum atomic E-state index is 0.604. The molecule has 5 heteroatoms. The van der Waals surface area contributed by atoms with Gasteiger partial charge in [-0.25, -0.2) is 4.98 Å². The first-order chi connectivity index (χ1) is 7.31. The summed E-state index contributed by atoms with van der Waals surface area (Å²) in [6.07, 6.45) is 2.57. The topological polar surface area (TPSA) is 25.8 Å². The van der Waals surface area contributed by atoms with Crippen LogP contribution >= 0.6 is 38.9 Å². The van der Waals surface area contributed by atoms with Crippen molar-refractivity contribution in [1.29, 1.82) is 0 Å². The Kier molecular flexibility index (Phi) is 3.72. The van der Waals surface area contributed by atoms with Crippen LogP contribution in [0.4, 0.5) is 0 Å². The lowest BCUT2D eigenvalue weighted by Crippen LogP contribution is -1.87. The van der Waals surface area contributed by atoms with Crippen molar-refractivity contribution in [2.24, 2.45) is 0 Å². The molecule has 15 heavy (non-hydrogen) atoms. The molecule has 2 rings (SSSR count). The van der Waals surface area contributed by atoms with E-state index < -0.39 is 0 Å². The second-order valence-corrected chi connectivity index (χ2v) is 5.01. The quantitative estimate of drug-likeness (QED) is 0.807. The van der Waals surface area contributed by atoms with Crippen molar-refractivity contribution >= 4 is 38.9 Å². The summed E-state index contributed by atoms with van der Waals surface area (Å²) in [6.45, 7) is 0. The number of aromatic nitrogens is 2. The van der Waals surface area contributed by atoms with Crippen molar-refractivity contribution in [3.05, 3.63) is 33.9 Å². The number of alkyl halides is 1. The number of nitrogens with zero attached hydrogens (tertiary/aromatic N) is 2. The van der Waals surface area contributed by atoms with Crippen LogP contribution in [0, 0.1) is 0 Å². The average Bonchev–Trinajstić information content (AvgIpc) is 2.68. The Morgan fingerprint density at radius 1 is 1.47 bits per heavy atom. The summed E-state index contributed by atoms with van der Waals surface area (Å²) in [4.78, 5) is 8.76. The molecular weight excluding hydrogens is 296 g/mol. The first-order valence-electron chi connectivity index (χ1n) is 4.42. The third-order valence-electron chi connectivity index (χ3n) is 1.86. The van der Waals surface area contributed by atoms with Crippen LogP contribution in [-0.2, 0) is 6.42 Å². The lowest BCUT2D eigenvalue weighted by molar-refractivity contribution is 1.07. The fourth-order valence-electron chi connectivity index (χ4n) is 1.17. The van der Waals surface area contributed by atoms with E-state index in [0.717, 1.165) is 27.3 Å². The maximum absolute atomic E-state index is 5.66. The molecule has 2 heterocycles. The molecule has 0 atom stereocenters. The molecule has 0 N–H and O–H groups in total. The molecule has 2 aromatic heterocycles. The summed E-state index contributed by atoms with van der Waals surface area (Å²) < 4.78 is 0.969. The molecule has 0 saturated heterocycles. The molecule has 0 unspecified atom stereocenters. The number of thiazole rings is 1. The van der Waals surface area contributed by atoms with Crippen LogP contribution in [0.5, 0.6) is 0 Å². The molecule has 0 aromatic carbocycles. The molecule has 0 radical (unpaired) electrons. The Morgan fingerprint density at radius 2 is 2.33 bits per heavy atom. The molecule has 0 saturated carbocycles. The Bertz CT molecular complexity index is 458. The maximum Gasteiger partial charge on any atom is 0.143 e. The highest BCUT2D eigenvalue weighted by Crippen LogP contribution is 2.28. The van der Waals surface area contributed by atoms with Gasteiger partial charge in [-0.3, -0.25) is 4.98 Å². The van der Waals surface area contributed by atoms with Gasteiger partial charge >= 0.3 is 0 Å². The van der Waals surface area contributed by atoms with Crippen LogP contribution in [0.1, 0.15) is 5.69 Å². The van der Waals surface area contributed by atoms with E-state index in [1.54, 1.807) is 17.5 Å². The second kappa shape index (κ2) is 5.05. The highest BCUT2D eigenvalue weighted by atomic mass is 79.9. The summed E-state index contributed by atoms with van der Waals surface area (Å²) in [7, 11) is 0. The zero-order chi connectivity index (χ0) is 10.7. The standard InChI is InChI=1S/C10H8BrClN2S/c11-8-2-1-5-13-9(8)10-14-7(3-4-12)6-15-10/h1-2,5-6H,3-4H2. The van der Waals surface area contributed by atoms with E-state index >= 15 is 0 Å². The molecule has 0 aliphatic heterocycles. The zero-order valence-corrected chi connectivity index (χ0v) is 10.9. The molecular formula is C10H8BrClN2S. The van der Waals surface area contributed by atoms with Crippen molar-refractivity contribution in [2.75, 3.05) is 5.88 Å². The number of halogens is 2. The van der Waals surface area contributed by atoms with Gasteiger partial charge in [0.2, 0.25) is 0 Å². The number of hydrogen-bond donors (Lipinski definition) is 0. The van der Waals surface area contributed by atoms with Crippen molar-refractivity contribution in [1.82, 2.24) is 9.97 Å².